The van der Waals surface area contributed by atoms with Crippen molar-refractivity contribution in [2.24, 2.45) is 0 Å². The van der Waals surface area contributed by atoms with Crippen LogP contribution >= 0.6 is 0 Å². The van der Waals surface area contributed by atoms with Crippen LogP contribution in [0.15, 0.2) is 79.1 Å². The van der Waals surface area contributed by atoms with E-state index >= 15 is 0 Å². The van der Waals surface area contributed by atoms with Crippen LogP contribution in [-0.2, 0) is 0 Å². The third-order valence-corrected chi connectivity index (χ3v) is 4.45. The Morgan fingerprint density at radius 3 is 2.27 bits per heavy atom. The van der Waals surface area contributed by atoms with Crippen molar-refractivity contribution in [3.05, 3.63) is 90.4 Å². The number of carbonyl (C=O) groups is 1. The first kappa shape index (κ1) is 18.7. The number of amides is 1. The van der Waals surface area contributed by atoms with Gasteiger partial charge in [-0.25, -0.2) is 4.98 Å². The average molecular weight is 391 g/mol. The van der Waals surface area contributed by atoms with Gasteiger partial charge in [0.05, 0.1) is 24.0 Å². The molecule has 0 saturated carbocycles. The SMILES string of the molecule is N#CC(C#N)c1nc2ccccc2nc1-[n+]1cccc(NC(=O)c2ccccc2)c1. The number of anilines is 1. The predicted octanol–water partition coefficient (Wildman–Crippen LogP) is 3.29. The van der Waals surface area contributed by atoms with Crippen molar-refractivity contribution in [1.82, 2.24) is 9.97 Å². The maximum atomic E-state index is 12.5. The molecule has 0 bridgehead atoms. The molecule has 0 unspecified atom stereocenters. The number of pyridine rings is 1. The Kier molecular flexibility index (Phi) is 5.10. The van der Waals surface area contributed by atoms with Crippen molar-refractivity contribution in [2.45, 2.75) is 5.92 Å². The number of hydrogen-bond acceptors (Lipinski definition) is 5. The maximum absolute atomic E-state index is 12.5. The van der Waals surface area contributed by atoms with E-state index in [1.54, 1.807) is 59.4 Å². The van der Waals surface area contributed by atoms with E-state index in [1.165, 1.54) is 0 Å². The number of rotatable bonds is 4. The highest BCUT2D eigenvalue weighted by Crippen LogP contribution is 2.20. The van der Waals surface area contributed by atoms with Crippen molar-refractivity contribution in [1.29, 1.82) is 10.5 Å². The van der Waals surface area contributed by atoms with Gasteiger partial charge in [-0.15, -0.1) is 0 Å². The fraction of sp³-hybridized carbons (Fsp3) is 0.0435. The van der Waals surface area contributed by atoms with Crippen molar-refractivity contribution >= 4 is 22.6 Å². The molecule has 2 aromatic heterocycles. The second kappa shape index (κ2) is 8.17. The van der Waals surface area contributed by atoms with Crippen LogP contribution in [0.25, 0.3) is 16.9 Å². The Balaban J connectivity index is 1.78. The second-order valence-corrected chi connectivity index (χ2v) is 6.43. The van der Waals surface area contributed by atoms with Crippen LogP contribution in [0.5, 0.6) is 0 Å². The van der Waals surface area contributed by atoms with Crippen LogP contribution in [0.4, 0.5) is 5.69 Å². The molecule has 0 spiro atoms. The molecule has 0 aliphatic heterocycles. The lowest BCUT2D eigenvalue weighted by molar-refractivity contribution is -0.599. The Morgan fingerprint density at radius 1 is 0.900 bits per heavy atom. The summed E-state index contributed by atoms with van der Waals surface area (Å²) >= 11 is 0. The van der Waals surface area contributed by atoms with Crippen LogP contribution in [0, 0.1) is 22.7 Å². The number of hydrogen-bond donors (Lipinski definition) is 1. The summed E-state index contributed by atoms with van der Waals surface area (Å²) in [7, 11) is 0. The number of carbonyl (C=O) groups excluding carboxylic acids is 1. The van der Waals surface area contributed by atoms with E-state index in [9.17, 15) is 15.3 Å². The minimum Gasteiger partial charge on any atom is -0.319 e. The summed E-state index contributed by atoms with van der Waals surface area (Å²) in [4.78, 5) is 21.6. The molecule has 2 heterocycles. The summed E-state index contributed by atoms with van der Waals surface area (Å²) in [6.45, 7) is 0. The molecule has 1 N–H and O–H groups in total. The van der Waals surface area contributed by atoms with Gasteiger partial charge in [-0.05, 0) is 41.4 Å². The fourth-order valence-corrected chi connectivity index (χ4v) is 3.01. The van der Waals surface area contributed by atoms with Crippen LogP contribution < -0.4 is 9.88 Å². The van der Waals surface area contributed by atoms with Crippen LogP contribution in [0.1, 0.15) is 22.0 Å². The van der Waals surface area contributed by atoms with Crippen LogP contribution in [-0.4, -0.2) is 15.9 Å². The summed E-state index contributed by atoms with van der Waals surface area (Å²) in [6.07, 6.45) is 3.40. The average Bonchev–Trinajstić information content (AvgIpc) is 2.80. The van der Waals surface area contributed by atoms with Crippen molar-refractivity contribution < 1.29 is 9.36 Å². The zero-order chi connectivity index (χ0) is 20.9. The van der Waals surface area contributed by atoms with E-state index in [0.717, 1.165) is 0 Å². The van der Waals surface area contributed by atoms with E-state index in [4.69, 9.17) is 0 Å². The summed E-state index contributed by atoms with van der Waals surface area (Å²) < 4.78 is 1.65. The lowest BCUT2D eigenvalue weighted by Gasteiger charge is -2.07. The summed E-state index contributed by atoms with van der Waals surface area (Å²) in [6, 6.07) is 23.6. The molecule has 2 aromatic carbocycles. The lowest BCUT2D eigenvalue weighted by Crippen LogP contribution is -2.34. The third-order valence-electron chi connectivity index (χ3n) is 4.45. The number of benzene rings is 2. The molecule has 0 aliphatic carbocycles. The number of nitrogens with one attached hydrogen (secondary N) is 1. The highest BCUT2D eigenvalue weighted by atomic mass is 16.1. The molecule has 0 radical (unpaired) electrons. The van der Waals surface area contributed by atoms with Gasteiger partial charge in [0.25, 0.3) is 5.91 Å². The van der Waals surface area contributed by atoms with Gasteiger partial charge in [-0.2, -0.15) is 15.1 Å². The molecular weight excluding hydrogens is 376 g/mol. The molecule has 7 heteroatoms. The zero-order valence-electron chi connectivity index (χ0n) is 15.7. The van der Waals surface area contributed by atoms with Gasteiger partial charge < -0.3 is 5.32 Å². The van der Waals surface area contributed by atoms with Gasteiger partial charge in [-0.3, -0.25) is 4.79 Å². The van der Waals surface area contributed by atoms with Crippen LogP contribution in [0.2, 0.25) is 0 Å². The first-order valence-corrected chi connectivity index (χ1v) is 9.13. The van der Waals surface area contributed by atoms with Gasteiger partial charge >= 0.3 is 5.82 Å². The second-order valence-electron chi connectivity index (χ2n) is 6.43. The predicted molar refractivity (Wildman–Crippen MR) is 109 cm³/mol. The molecule has 0 fully saturated rings. The first-order valence-electron chi connectivity index (χ1n) is 9.13. The minimum absolute atomic E-state index is 0.245. The smallest absolute Gasteiger partial charge is 0.319 e. The number of nitrogens with zero attached hydrogens (tertiary/aromatic N) is 5. The van der Waals surface area contributed by atoms with E-state index in [0.29, 0.717) is 28.1 Å². The molecule has 0 aliphatic rings. The van der Waals surface area contributed by atoms with E-state index in [-0.39, 0.29) is 11.6 Å². The molecule has 1 amide bonds. The third kappa shape index (κ3) is 3.68. The lowest BCUT2D eigenvalue weighted by atomic mass is 10.1. The Morgan fingerprint density at radius 2 is 1.57 bits per heavy atom. The van der Waals surface area contributed by atoms with E-state index in [2.05, 4.69) is 15.3 Å². The molecule has 4 rings (SSSR count). The zero-order valence-corrected chi connectivity index (χ0v) is 15.7. The molecule has 0 atom stereocenters. The maximum Gasteiger partial charge on any atom is 0.352 e. The summed E-state index contributed by atoms with van der Waals surface area (Å²) in [5.74, 6) is -0.963. The molecule has 142 valence electrons. The minimum atomic E-state index is -1.08. The molecule has 30 heavy (non-hydrogen) atoms. The van der Waals surface area contributed by atoms with Crippen molar-refractivity contribution in [3.8, 4) is 18.0 Å². The van der Waals surface area contributed by atoms with Gasteiger partial charge in [0.15, 0.2) is 11.6 Å². The highest BCUT2D eigenvalue weighted by Gasteiger charge is 2.26. The largest absolute Gasteiger partial charge is 0.352 e. The standard InChI is InChI=1S/C23H14N6O/c24-13-17(14-25)21-22(28-20-11-5-4-10-19(20)27-21)29-12-6-9-18(15-29)26-23(30)16-7-2-1-3-8-16/h1-12,15,17H/p+1. The number of nitriles is 2. The first-order chi connectivity index (χ1) is 14.7. The van der Waals surface area contributed by atoms with Crippen molar-refractivity contribution in [3.63, 3.8) is 0 Å². The summed E-state index contributed by atoms with van der Waals surface area (Å²) in [5, 5.41) is 21.7. The van der Waals surface area contributed by atoms with Gasteiger partial charge in [-0.1, -0.05) is 30.3 Å². The topological polar surface area (TPSA) is 106 Å². The molecular formula is C23H15N6O+. The Labute approximate surface area is 172 Å². The molecule has 7 nitrogen and oxygen atoms in total. The quantitative estimate of drug-likeness (QED) is 0.537. The monoisotopic (exact) mass is 391 g/mol. The number of para-hydroxylation sites is 2. The van der Waals surface area contributed by atoms with E-state index < -0.39 is 5.92 Å². The van der Waals surface area contributed by atoms with Gasteiger partial charge in [0, 0.05) is 5.56 Å². The van der Waals surface area contributed by atoms with Crippen molar-refractivity contribution in [2.75, 3.05) is 5.32 Å². The van der Waals surface area contributed by atoms with Crippen LogP contribution in [0.3, 0.4) is 0 Å². The van der Waals surface area contributed by atoms with E-state index in [1.807, 2.05) is 36.4 Å². The highest BCUT2D eigenvalue weighted by molar-refractivity contribution is 6.04. The number of aromatic nitrogens is 3. The van der Waals surface area contributed by atoms with Gasteiger partial charge in [0.2, 0.25) is 5.52 Å². The molecule has 0 saturated heterocycles. The van der Waals surface area contributed by atoms with Gasteiger partial charge in [0.1, 0.15) is 11.7 Å². The number of fused-ring (bicyclic) bond motifs is 1. The Bertz CT molecular complexity index is 1310. The normalized spacial score (nSPS) is 10.4. The Hall–Kier alpha value is -4.62. The fourth-order valence-electron chi connectivity index (χ4n) is 3.01. The summed E-state index contributed by atoms with van der Waals surface area (Å²) in [5.41, 5.74) is 2.57. The molecule has 4 aromatic rings.